The molecule has 4 aromatic carbocycles. The van der Waals surface area contributed by atoms with E-state index in [1.165, 1.54) is 6.92 Å². The molecule has 160 valence electrons. The summed E-state index contributed by atoms with van der Waals surface area (Å²) in [6.07, 6.45) is 0. The van der Waals surface area contributed by atoms with Crippen molar-refractivity contribution in [2.75, 3.05) is 7.11 Å². The lowest BCUT2D eigenvalue weighted by molar-refractivity contribution is -0.131. The number of hydrogen-bond acceptors (Lipinski definition) is 3. The fourth-order valence-corrected chi connectivity index (χ4v) is 4.33. The first-order valence-electron chi connectivity index (χ1n) is 10.7. The standard InChI is InChI=1S/C29H26O3/c1-21(30)32-27-20-12-10-18-25(27)29(23-15-7-4-8-16-23)28(22-13-5-3-6-14-22)24-17-9-11-19-26(24)31-2/h3-20,28-29H,1-2H3. The van der Waals surface area contributed by atoms with Crippen LogP contribution in [-0.2, 0) is 4.79 Å². The average molecular weight is 423 g/mol. The van der Waals surface area contributed by atoms with Crippen LogP contribution >= 0.6 is 0 Å². The van der Waals surface area contributed by atoms with E-state index in [1.54, 1.807) is 7.11 Å². The summed E-state index contributed by atoms with van der Waals surface area (Å²) in [6.45, 7) is 1.43. The molecule has 0 saturated carbocycles. The molecule has 0 aliphatic heterocycles. The van der Waals surface area contributed by atoms with Crippen LogP contribution in [0.1, 0.15) is 41.0 Å². The number of carbonyl (C=O) groups is 1. The molecule has 0 fully saturated rings. The van der Waals surface area contributed by atoms with E-state index in [9.17, 15) is 4.79 Å². The van der Waals surface area contributed by atoms with Gasteiger partial charge in [-0.05, 0) is 23.3 Å². The van der Waals surface area contributed by atoms with Crippen molar-refractivity contribution in [1.29, 1.82) is 0 Å². The molecule has 32 heavy (non-hydrogen) atoms. The van der Waals surface area contributed by atoms with Gasteiger partial charge >= 0.3 is 5.97 Å². The minimum atomic E-state index is -0.335. The topological polar surface area (TPSA) is 35.5 Å². The third kappa shape index (κ3) is 4.57. The second-order valence-electron chi connectivity index (χ2n) is 7.65. The van der Waals surface area contributed by atoms with Crippen molar-refractivity contribution < 1.29 is 14.3 Å². The molecule has 0 saturated heterocycles. The Morgan fingerprint density at radius 3 is 1.47 bits per heavy atom. The third-order valence-electron chi connectivity index (χ3n) is 5.63. The second-order valence-corrected chi connectivity index (χ2v) is 7.65. The summed E-state index contributed by atoms with van der Waals surface area (Å²) in [5.41, 5.74) is 4.32. The molecule has 3 nitrogen and oxygen atoms in total. The fraction of sp³-hybridized carbons (Fsp3) is 0.138. The maximum Gasteiger partial charge on any atom is 0.308 e. The summed E-state index contributed by atoms with van der Waals surface area (Å²) in [7, 11) is 1.70. The van der Waals surface area contributed by atoms with Gasteiger partial charge < -0.3 is 9.47 Å². The van der Waals surface area contributed by atoms with Crippen LogP contribution in [0.3, 0.4) is 0 Å². The van der Waals surface area contributed by atoms with Gasteiger partial charge in [0, 0.05) is 29.9 Å². The van der Waals surface area contributed by atoms with E-state index in [-0.39, 0.29) is 17.8 Å². The third-order valence-corrected chi connectivity index (χ3v) is 5.63. The quantitative estimate of drug-likeness (QED) is 0.249. The molecule has 4 aromatic rings. The summed E-state index contributed by atoms with van der Waals surface area (Å²) in [5.74, 6) is 0.895. The van der Waals surface area contributed by atoms with E-state index in [1.807, 2.05) is 66.7 Å². The van der Waals surface area contributed by atoms with Crippen LogP contribution in [0.5, 0.6) is 11.5 Å². The number of methoxy groups -OCH3 is 1. The van der Waals surface area contributed by atoms with Gasteiger partial charge in [-0.25, -0.2) is 0 Å². The van der Waals surface area contributed by atoms with Crippen LogP contribution in [0.25, 0.3) is 0 Å². The molecule has 0 bridgehead atoms. The summed E-state index contributed by atoms with van der Waals surface area (Å²) >= 11 is 0. The van der Waals surface area contributed by atoms with Crippen molar-refractivity contribution >= 4 is 5.97 Å². The first kappa shape index (κ1) is 21.4. The smallest absolute Gasteiger partial charge is 0.308 e. The lowest BCUT2D eigenvalue weighted by Gasteiger charge is -2.31. The molecule has 4 rings (SSSR count). The molecule has 0 radical (unpaired) electrons. The van der Waals surface area contributed by atoms with Crippen LogP contribution in [-0.4, -0.2) is 13.1 Å². The Kier molecular flexibility index (Phi) is 6.66. The van der Waals surface area contributed by atoms with Gasteiger partial charge in [0.15, 0.2) is 0 Å². The number of ether oxygens (including phenoxy) is 2. The molecular weight excluding hydrogens is 396 g/mol. The second kappa shape index (κ2) is 9.97. The normalized spacial score (nSPS) is 12.6. The van der Waals surface area contributed by atoms with E-state index >= 15 is 0 Å². The first-order valence-corrected chi connectivity index (χ1v) is 10.7. The van der Waals surface area contributed by atoms with Crippen molar-refractivity contribution in [1.82, 2.24) is 0 Å². The lowest BCUT2D eigenvalue weighted by Crippen LogP contribution is -2.17. The van der Waals surface area contributed by atoms with Crippen molar-refractivity contribution in [3.63, 3.8) is 0 Å². The van der Waals surface area contributed by atoms with E-state index < -0.39 is 0 Å². The van der Waals surface area contributed by atoms with Crippen molar-refractivity contribution in [2.24, 2.45) is 0 Å². The van der Waals surface area contributed by atoms with Crippen molar-refractivity contribution in [3.8, 4) is 11.5 Å². The molecular formula is C29H26O3. The van der Waals surface area contributed by atoms with Gasteiger partial charge in [0.05, 0.1) is 7.11 Å². The molecule has 0 aliphatic carbocycles. The van der Waals surface area contributed by atoms with Crippen LogP contribution in [0, 0.1) is 0 Å². The number of rotatable bonds is 7. The van der Waals surface area contributed by atoms with Crippen LogP contribution in [0.4, 0.5) is 0 Å². The number of para-hydroxylation sites is 2. The number of hydrogen-bond donors (Lipinski definition) is 0. The molecule has 0 heterocycles. The molecule has 0 N–H and O–H groups in total. The Hall–Kier alpha value is -3.85. The van der Waals surface area contributed by atoms with Gasteiger partial charge in [-0.2, -0.15) is 0 Å². The number of esters is 1. The van der Waals surface area contributed by atoms with Crippen molar-refractivity contribution in [2.45, 2.75) is 18.8 Å². The molecule has 0 spiro atoms. The van der Waals surface area contributed by atoms with Gasteiger partial charge in [-0.1, -0.05) is 97.1 Å². The Labute approximate surface area is 189 Å². The highest BCUT2D eigenvalue weighted by molar-refractivity contribution is 5.70. The van der Waals surface area contributed by atoms with Gasteiger partial charge in [-0.15, -0.1) is 0 Å². The van der Waals surface area contributed by atoms with Crippen LogP contribution < -0.4 is 9.47 Å². The zero-order valence-electron chi connectivity index (χ0n) is 18.3. The first-order chi connectivity index (χ1) is 15.7. The minimum absolute atomic E-state index is 0.0635. The predicted molar refractivity (Wildman–Crippen MR) is 127 cm³/mol. The Morgan fingerprint density at radius 1 is 0.594 bits per heavy atom. The maximum absolute atomic E-state index is 11.9. The summed E-state index contributed by atoms with van der Waals surface area (Å²) in [4.78, 5) is 11.9. The highest BCUT2D eigenvalue weighted by atomic mass is 16.5. The Balaban J connectivity index is 2.01. The average Bonchev–Trinajstić information content (AvgIpc) is 2.84. The highest BCUT2D eigenvalue weighted by Gasteiger charge is 2.32. The highest BCUT2D eigenvalue weighted by Crippen LogP contribution is 2.47. The lowest BCUT2D eigenvalue weighted by atomic mass is 9.73. The Bertz CT molecular complexity index is 1170. The summed E-state index contributed by atoms with van der Waals surface area (Å²) < 4.78 is 11.4. The largest absolute Gasteiger partial charge is 0.496 e. The van der Waals surface area contributed by atoms with E-state index in [2.05, 4.69) is 42.5 Å². The van der Waals surface area contributed by atoms with Gasteiger partial charge in [-0.3, -0.25) is 4.79 Å². The zero-order valence-corrected chi connectivity index (χ0v) is 18.3. The number of carbonyl (C=O) groups excluding carboxylic acids is 1. The van der Waals surface area contributed by atoms with Gasteiger partial charge in [0.1, 0.15) is 11.5 Å². The van der Waals surface area contributed by atoms with Crippen LogP contribution in [0.2, 0.25) is 0 Å². The monoisotopic (exact) mass is 422 g/mol. The molecule has 0 aromatic heterocycles. The number of benzene rings is 4. The summed E-state index contributed by atoms with van der Waals surface area (Å²) in [5, 5.41) is 0. The SMILES string of the molecule is COc1ccccc1C(c1ccccc1)C(c1ccccc1)c1ccccc1OC(C)=O. The molecule has 0 aliphatic rings. The summed E-state index contributed by atoms with van der Waals surface area (Å²) in [6, 6.07) is 36.7. The van der Waals surface area contributed by atoms with Gasteiger partial charge in [0.25, 0.3) is 0 Å². The molecule has 2 unspecified atom stereocenters. The zero-order chi connectivity index (χ0) is 22.3. The maximum atomic E-state index is 11.9. The van der Waals surface area contributed by atoms with E-state index in [0.717, 1.165) is 28.0 Å². The molecule has 3 heteroatoms. The predicted octanol–water partition coefficient (Wildman–Crippen LogP) is 6.58. The van der Waals surface area contributed by atoms with E-state index in [0.29, 0.717) is 5.75 Å². The van der Waals surface area contributed by atoms with Crippen LogP contribution in [0.15, 0.2) is 109 Å². The minimum Gasteiger partial charge on any atom is -0.496 e. The fourth-order valence-electron chi connectivity index (χ4n) is 4.33. The van der Waals surface area contributed by atoms with Gasteiger partial charge in [0.2, 0.25) is 0 Å². The molecule has 0 amide bonds. The molecule has 2 atom stereocenters. The van der Waals surface area contributed by atoms with E-state index in [4.69, 9.17) is 9.47 Å². The van der Waals surface area contributed by atoms with Crippen molar-refractivity contribution in [3.05, 3.63) is 131 Å². The Morgan fingerprint density at radius 2 is 1.00 bits per heavy atom.